The first-order valence-electron chi connectivity index (χ1n) is 9.83. The Labute approximate surface area is 190 Å². The molecule has 0 aliphatic rings. The predicted molar refractivity (Wildman–Crippen MR) is 125 cm³/mol. The quantitative estimate of drug-likeness (QED) is 0.489. The van der Waals surface area contributed by atoms with Gasteiger partial charge in [0.25, 0.3) is 5.91 Å². The van der Waals surface area contributed by atoms with Crippen LogP contribution < -0.4 is 20.7 Å². The van der Waals surface area contributed by atoms with E-state index in [4.69, 9.17) is 4.74 Å². The summed E-state index contributed by atoms with van der Waals surface area (Å²) in [6, 6.07) is 18.8. The third kappa shape index (κ3) is 6.01. The average molecular weight is 449 g/mol. The summed E-state index contributed by atoms with van der Waals surface area (Å²) in [6.45, 7) is 0. The highest BCUT2D eigenvalue weighted by Crippen LogP contribution is 2.32. The first kappa shape index (κ1) is 23.1. The Morgan fingerprint density at radius 3 is 1.82 bits per heavy atom. The molecule has 0 fully saturated rings. The highest BCUT2D eigenvalue weighted by atomic mass is 16.5. The van der Waals surface area contributed by atoms with Crippen molar-refractivity contribution in [3.05, 3.63) is 72.3 Å². The van der Waals surface area contributed by atoms with Crippen LogP contribution in [0.25, 0.3) is 11.1 Å². The zero-order valence-corrected chi connectivity index (χ0v) is 18.3. The normalized spacial score (nSPS) is 10.0. The van der Waals surface area contributed by atoms with Crippen LogP contribution in [0.2, 0.25) is 0 Å². The maximum absolute atomic E-state index is 12.9. The fourth-order valence-electron chi connectivity index (χ4n) is 2.98. The van der Waals surface area contributed by atoms with Gasteiger partial charge in [-0.05, 0) is 54.1 Å². The minimum atomic E-state index is -0.631. The number of rotatable bonds is 6. The minimum absolute atomic E-state index is 0.335. The lowest BCUT2D eigenvalue weighted by Crippen LogP contribution is -2.14. The van der Waals surface area contributed by atoms with E-state index < -0.39 is 12.2 Å². The zero-order chi connectivity index (χ0) is 23.8. The largest absolute Gasteiger partial charge is 0.497 e. The molecule has 3 amide bonds. The van der Waals surface area contributed by atoms with Gasteiger partial charge in [0.05, 0.1) is 27.0 Å². The lowest BCUT2D eigenvalue weighted by Gasteiger charge is -2.15. The molecule has 0 saturated heterocycles. The maximum atomic E-state index is 12.9. The van der Waals surface area contributed by atoms with Crippen molar-refractivity contribution in [1.82, 2.24) is 0 Å². The number of hydrogen-bond acceptors (Lipinski definition) is 6. The molecule has 0 spiro atoms. The summed E-state index contributed by atoms with van der Waals surface area (Å²) in [6.07, 6.45) is -1.21. The number of carbonyl (C=O) groups excluding carboxylic acids is 3. The number of amides is 3. The molecule has 0 radical (unpaired) electrons. The van der Waals surface area contributed by atoms with Crippen LogP contribution in [0.15, 0.2) is 66.7 Å². The van der Waals surface area contributed by atoms with Gasteiger partial charge in [0.2, 0.25) is 0 Å². The molecule has 0 unspecified atom stereocenters. The Kier molecular flexibility index (Phi) is 7.48. The van der Waals surface area contributed by atoms with E-state index in [1.165, 1.54) is 14.2 Å². The van der Waals surface area contributed by atoms with Crippen molar-refractivity contribution in [3.8, 4) is 16.9 Å². The molecule has 0 atom stereocenters. The van der Waals surface area contributed by atoms with Crippen molar-refractivity contribution in [2.24, 2.45) is 0 Å². The topological polar surface area (TPSA) is 115 Å². The number of ether oxygens (including phenoxy) is 3. The molecule has 3 aromatic rings. The summed E-state index contributed by atoms with van der Waals surface area (Å²) in [5, 5.41) is 8.06. The molecule has 0 aromatic heterocycles. The summed E-state index contributed by atoms with van der Waals surface area (Å²) in [7, 11) is 4.10. The van der Waals surface area contributed by atoms with Crippen molar-refractivity contribution in [3.63, 3.8) is 0 Å². The van der Waals surface area contributed by atoms with Crippen molar-refractivity contribution in [2.45, 2.75) is 0 Å². The van der Waals surface area contributed by atoms with Crippen molar-refractivity contribution >= 4 is 35.2 Å². The Hall–Kier alpha value is -4.53. The van der Waals surface area contributed by atoms with E-state index in [0.29, 0.717) is 33.9 Å². The molecule has 0 bridgehead atoms. The van der Waals surface area contributed by atoms with Gasteiger partial charge >= 0.3 is 12.2 Å². The minimum Gasteiger partial charge on any atom is -0.497 e. The average Bonchev–Trinajstić information content (AvgIpc) is 2.84. The fourth-order valence-corrected chi connectivity index (χ4v) is 2.98. The lowest BCUT2D eigenvalue weighted by molar-refractivity contribution is 0.102. The molecule has 0 aliphatic heterocycles. The summed E-state index contributed by atoms with van der Waals surface area (Å²) in [4.78, 5) is 35.9. The van der Waals surface area contributed by atoms with Crippen LogP contribution in [0.4, 0.5) is 26.7 Å². The van der Waals surface area contributed by atoms with Crippen molar-refractivity contribution < 1.29 is 28.6 Å². The standard InChI is InChI=1S/C24H23N3O6/c1-31-19-11-6-16(7-12-19)22(28)27-21-14-18(26-24(30)33-3)10-13-20(21)15-4-8-17(9-5-15)25-23(29)32-2/h4-14H,1-3H3,(H,25,29)(H,26,30)(H,27,28). The van der Waals surface area contributed by atoms with Gasteiger partial charge in [-0.1, -0.05) is 18.2 Å². The second-order valence-electron chi connectivity index (χ2n) is 6.75. The Balaban J connectivity index is 1.92. The van der Waals surface area contributed by atoms with Gasteiger partial charge < -0.3 is 19.5 Å². The smallest absolute Gasteiger partial charge is 0.411 e. The summed E-state index contributed by atoms with van der Waals surface area (Å²) < 4.78 is 14.4. The molecule has 0 saturated carbocycles. The first-order chi connectivity index (χ1) is 15.9. The molecule has 33 heavy (non-hydrogen) atoms. The molecular formula is C24H23N3O6. The summed E-state index contributed by atoms with van der Waals surface area (Å²) in [5.74, 6) is 0.301. The monoisotopic (exact) mass is 449 g/mol. The van der Waals surface area contributed by atoms with Gasteiger partial charge in [0, 0.05) is 22.5 Å². The Morgan fingerprint density at radius 1 is 0.667 bits per heavy atom. The van der Waals surface area contributed by atoms with E-state index in [2.05, 4.69) is 25.4 Å². The van der Waals surface area contributed by atoms with E-state index in [1.54, 1.807) is 73.8 Å². The summed E-state index contributed by atoms with van der Waals surface area (Å²) >= 11 is 0. The van der Waals surface area contributed by atoms with Gasteiger partial charge in [0.1, 0.15) is 5.75 Å². The van der Waals surface area contributed by atoms with Crippen LogP contribution in [0.5, 0.6) is 5.75 Å². The van der Waals surface area contributed by atoms with E-state index in [0.717, 1.165) is 5.56 Å². The molecule has 3 N–H and O–H groups in total. The van der Waals surface area contributed by atoms with Crippen molar-refractivity contribution in [1.29, 1.82) is 0 Å². The third-order valence-corrected chi connectivity index (χ3v) is 4.68. The molecule has 0 heterocycles. The van der Waals surface area contributed by atoms with Crippen LogP contribution in [-0.2, 0) is 9.47 Å². The van der Waals surface area contributed by atoms with E-state index in [1.807, 2.05) is 0 Å². The molecule has 9 nitrogen and oxygen atoms in total. The van der Waals surface area contributed by atoms with Gasteiger partial charge in [-0.15, -0.1) is 0 Å². The fraction of sp³-hybridized carbons (Fsp3) is 0.125. The highest BCUT2D eigenvalue weighted by molar-refractivity contribution is 6.07. The van der Waals surface area contributed by atoms with Crippen molar-refractivity contribution in [2.75, 3.05) is 37.3 Å². The van der Waals surface area contributed by atoms with Crippen LogP contribution in [0.3, 0.4) is 0 Å². The molecule has 3 aromatic carbocycles. The van der Waals surface area contributed by atoms with Gasteiger partial charge in [-0.2, -0.15) is 0 Å². The summed E-state index contributed by atoms with van der Waals surface area (Å²) in [5.41, 5.74) is 3.39. The first-order valence-corrected chi connectivity index (χ1v) is 9.83. The third-order valence-electron chi connectivity index (χ3n) is 4.68. The molecule has 0 aliphatic carbocycles. The number of nitrogens with one attached hydrogen (secondary N) is 3. The second-order valence-corrected chi connectivity index (χ2v) is 6.75. The van der Waals surface area contributed by atoms with Crippen LogP contribution in [0, 0.1) is 0 Å². The number of methoxy groups -OCH3 is 3. The van der Waals surface area contributed by atoms with E-state index in [-0.39, 0.29) is 5.91 Å². The number of anilines is 3. The van der Waals surface area contributed by atoms with Gasteiger partial charge in [-0.25, -0.2) is 9.59 Å². The van der Waals surface area contributed by atoms with E-state index in [9.17, 15) is 14.4 Å². The molecule has 9 heteroatoms. The molecule has 170 valence electrons. The van der Waals surface area contributed by atoms with Gasteiger partial charge in [-0.3, -0.25) is 15.4 Å². The molecule has 3 rings (SSSR count). The van der Waals surface area contributed by atoms with E-state index >= 15 is 0 Å². The van der Waals surface area contributed by atoms with Crippen LogP contribution in [-0.4, -0.2) is 39.4 Å². The Bertz CT molecular complexity index is 1140. The van der Waals surface area contributed by atoms with Crippen LogP contribution in [0.1, 0.15) is 10.4 Å². The SMILES string of the molecule is COC(=O)Nc1ccc(-c2ccc(NC(=O)OC)cc2NC(=O)c2ccc(OC)cc2)cc1. The number of carbonyl (C=O) groups is 3. The second kappa shape index (κ2) is 10.7. The zero-order valence-electron chi connectivity index (χ0n) is 18.3. The Morgan fingerprint density at radius 2 is 1.24 bits per heavy atom. The number of benzene rings is 3. The highest BCUT2D eigenvalue weighted by Gasteiger charge is 2.13. The number of hydrogen-bond donors (Lipinski definition) is 3. The van der Waals surface area contributed by atoms with Gasteiger partial charge in [0.15, 0.2) is 0 Å². The lowest BCUT2D eigenvalue weighted by atomic mass is 10.0. The van der Waals surface area contributed by atoms with Crippen LogP contribution >= 0.6 is 0 Å². The predicted octanol–water partition coefficient (Wildman–Crippen LogP) is 4.97. The molecular weight excluding hydrogens is 426 g/mol. The maximum Gasteiger partial charge on any atom is 0.411 e.